The molecule has 142 valence electrons. The number of nitrogens with zero attached hydrogens (tertiary/aromatic N) is 4. The number of hydrogen-bond acceptors (Lipinski definition) is 5. The highest BCUT2D eigenvalue weighted by molar-refractivity contribution is 6.36. The lowest BCUT2D eigenvalue weighted by molar-refractivity contribution is 0.0747. The third-order valence-electron chi connectivity index (χ3n) is 4.87. The molecule has 2 N–H and O–H groups in total. The summed E-state index contributed by atoms with van der Waals surface area (Å²) < 4.78 is 0. The molecule has 0 saturated carbocycles. The molecule has 3 heterocycles. The maximum absolute atomic E-state index is 13.1. The maximum atomic E-state index is 13.1. The summed E-state index contributed by atoms with van der Waals surface area (Å²) in [4.78, 5) is 37.1. The summed E-state index contributed by atoms with van der Waals surface area (Å²) in [6.07, 6.45) is 3.28. The van der Waals surface area contributed by atoms with E-state index in [0.717, 1.165) is 5.39 Å². The van der Waals surface area contributed by atoms with Crippen LogP contribution in [0.3, 0.4) is 0 Å². The number of primary amides is 1. The number of pyridine rings is 2. The van der Waals surface area contributed by atoms with Gasteiger partial charge >= 0.3 is 0 Å². The van der Waals surface area contributed by atoms with Gasteiger partial charge in [-0.1, -0.05) is 11.6 Å². The van der Waals surface area contributed by atoms with Crippen LogP contribution in [0.1, 0.15) is 20.7 Å². The number of aromatic nitrogens is 2. The van der Waals surface area contributed by atoms with Gasteiger partial charge < -0.3 is 15.5 Å². The van der Waals surface area contributed by atoms with E-state index in [2.05, 4.69) is 9.97 Å². The monoisotopic (exact) mass is 395 g/mol. The molecule has 1 aliphatic heterocycles. The van der Waals surface area contributed by atoms with Gasteiger partial charge in [-0.15, -0.1) is 0 Å². The molecule has 0 spiro atoms. The van der Waals surface area contributed by atoms with E-state index in [1.54, 1.807) is 47.6 Å². The number of amides is 2. The topological polar surface area (TPSA) is 92.4 Å². The van der Waals surface area contributed by atoms with Crippen molar-refractivity contribution in [3.8, 4) is 0 Å². The molecule has 3 aromatic rings. The molecule has 7 nitrogen and oxygen atoms in total. The fourth-order valence-electron chi connectivity index (χ4n) is 3.44. The molecule has 8 heteroatoms. The number of halogens is 1. The Morgan fingerprint density at radius 2 is 1.64 bits per heavy atom. The van der Waals surface area contributed by atoms with Crippen molar-refractivity contribution < 1.29 is 9.59 Å². The van der Waals surface area contributed by atoms with Crippen LogP contribution in [-0.4, -0.2) is 52.9 Å². The van der Waals surface area contributed by atoms with Gasteiger partial charge in [0.05, 0.1) is 21.7 Å². The average Bonchev–Trinajstić information content (AvgIpc) is 2.74. The van der Waals surface area contributed by atoms with Gasteiger partial charge in [-0.25, -0.2) is 4.98 Å². The highest BCUT2D eigenvalue weighted by Gasteiger charge is 2.26. The van der Waals surface area contributed by atoms with Gasteiger partial charge in [-0.05, 0) is 36.4 Å². The van der Waals surface area contributed by atoms with Crippen LogP contribution < -0.4 is 10.6 Å². The largest absolute Gasteiger partial charge is 0.365 e. The number of fused-ring (bicyclic) bond motifs is 1. The molecule has 4 rings (SSSR count). The number of piperazine rings is 1. The summed E-state index contributed by atoms with van der Waals surface area (Å²) in [5.74, 6) is -0.0443. The highest BCUT2D eigenvalue weighted by Crippen LogP contribution is 2.26. The zero-order valence-corrected chi connectivity index (χ0v) is 15.8. The number of rotatable bonds is 3. The van der Waals surface area contributed by atoms with Crippen LogP contribution in [0.15, 0.2) is 48.8 Å². The van der Waals surface area contributed by atoms with Crippen LogP contribution in [0, 0.1) is 0 Å². The summed E-state index contributed by atoms with van der Waals surface area (Å²) in [5, 5.41) is 1.33. The normalized spacial score (nSPS) is 14.3. The maximum Gasteiger partial charge on any atom is 0.256 e. The Hall–Kier alpha value is -3.19. The lowest BCUT2D eigenvalue weighted by Crippen LogP contribution is -2.49. The van der Waals surface area contributed by atoms with Crippen LogP contribution >= 0.6 is 11.6 Å². The third kappa shape index (κ3) is 3.25. The molecule has 2 aromatic heterocycles. The summed E-state index contributed by atoms with van der Waals surface area (Å²) in [5.41, 5.74) is 6.97. The smallest absolute Gasteiger partial charge is 0.256 e. The van der Waals surface area contributed by atoms with Crippen molar-refractivity contribution in [3.05, 3.63) is 64.9 Å². The van der Waals surface area contributed by atoms with Crippen LogP contribution in [0.4, 0.5) is 5.82 Å². The van der Waals surface area contributed by atoms with Crippen molar-refractivity contribution in [1.29, 1.82) is 0 Å². The van der Waals surface area contributed by atoms with E-state index < -0.39 is 5.91 Å². The Bertz CT molecular complexity index is 1060. The van der Waals surface area contributed by atoms with Gasteiger partial charge in [0.25, 0.3) is 11.8 Å². The summed E-state index contributed by atoms with van der Waals surface area (Å²) in [6, 6.07) is 10.4. The molecular weight excluding hydrogens is 378 g/mol. The summed E-state index contributed by atoms with van der Waals surface area (Å²) >= 11 is 6.23. The Morgan fingerprint density at radius 3 is 2.39 bits per heavy atom. The van der Waals surface area contributed by atoms with Crippen LogP contribution in [-0.2, 0) is 0 Å². The number of benzene rings is 1. The average molecular weight is 396 g/mol. The van der Waals surface area contributed by atoms with Gasteiger partial charge in [-0.2, -0.15) is 0 Å². The first-order valence-electron chi connectivity index (χ1n) is 8.88. The Labute approximate surface area is 166 Å². The van der Waals surface area contributed by atoms with Crippen LogP contribution in [0.2, 0.25) is 5.02 Å². The molecule has 1 fully saturated rings. The fraction of sp³-hybridized carbons (Fsp3) is 0.200. The van der Waals surface area contributed by atoms with Gasteiger partial charge in [-0.3, -0.25) is 14.6 Å². The van der Waals surface area contributed by atoms with Crippen molar-refractivity contribution in [1.82, 2.24) is 14.9 Å². The predicted molar refractivity (Wildman–Crippen MR) is 108 cm³/mol. The predicted octanol–water partition coefficient (Wildman–Crippen LogP) is 2.34. The van der Waals surface area contributed by atoms with Gasteiger partial charge in [0.15, 0.2) is 0 Å². The molecule has 0 aliphatic carbocycles. The zero-order valence-electron chi connectivity index (χ0n) is 15.0. The lowest BCUT2D eigenvalue weighted by Gasteiger charge is -2.36. The second-order valence-corrected chi connectivity index (χ2v) is 6.92. The van der Waals surface area contributed by atoms with E-state index in [1.165, 1.54) is 0 Å². The van der Waals surface area contributed by atoms with Gasteiger partial charge in [0.2, 0.25) is 0 Å². The highest BCUT2D eigenvalue weighted by atomic mass is 35.5. The minimum absolute atomic E-state index is 0.0869. The Balaban J connectivity index is 1.54. The molecule has 1 saturated heterocycles. The number of anilines is 1. The van der Waals surface area contributed by atoms with E-state index >= 15 is 0 Å². The summed E-state index contributed by atoms with van der Waals surface area (Å²) in [7, 11) is 0. The number of nitrogens with two attached hydrogens (primary N) is 1. The second-order valence-electron chi connectivity index (χ2n) is 6.51. The third-order valence-corrected chi connectivity index (χ3v) is 5.20. The molecule has 0 bridgehead atoms. The van der Waals surface area contributed by atoms with Crippen molar-refractivity contribution in [2.24, 2.45) is 5.73 Å². The lowest BCUT2D eigenvalue weighted by atomic mass is 10.1. The zero-order chi connectivity index (χ0) is 19.7. The van der Waals surface area contributed by atoms with Gasteiger partial charge in [0.1, 0.15) is 5.82 Å². The molecule has 0 atom stereocenters. The van der Waals surface area contributed by atoms with E-state index in [4.69, 9.17) is 17.3 Å². The molecule has 1 aromatic carbocycles. The van der Waals surface area contributed by atoms with Crippen molar-refractivity contribution in [2.75, 3.05) is 31.1 Å². The number of carbonyl (C=O) groups excluding carboxylic acids is 2. The Kier molecular flexibility index (Phi) is 4.83. The first-order valence-corrected chi connectivity index (χ1v) is 9.26. The molecule has 1 aliphatic rings. The minimum atomic E-state index is -0.514. The van der Waals surface area contributed by atoms with Crippen molar-refractivity contribution in [2.45, 2.75) is 0 Å². The quantitative estimate of drug-likeness (QED) is 0.734. The molecule has 2 amide bonds. The number of hydrogen-bond donors (Lipinski definition) is 1. The fourth-order valence-corrected chi connectivity index (χ4v) is 3.66. The van der Waals surface area contributed by atoms with E-state index in [-0.39, 0.29) is 5.91 Å². The molecule has 0 unspecified atom stereocenters. The molecule has 28 heavy (non-hydrogen) atoms. The van der Waals surface area contributed by atoms with E-state index in [1.807, 2.05) is 11.0 Å². The SMILES string of the molecule is NC(=O)c1cccnc1N1CCN(C(=O)c2ccc(Cl)c3cccnc23)CC1. The second kappa shape index (κ2) is 7.44. The van der Waals surface area contributed by atoms with Crippen LogP contribution in [0.5, 0.6) is 0 Å². The van der Waals surface area contributed by atoms with Gasteiger partial charge in [0, 0.05) is 44.0 Å². The van der Waals surface area contributed by atoms with Crippen LogP contribution in [0.25, 0.3) is 10.9 Å². The first-order chi connectivity index (χ1) is 13.6. The molecular formula is C20H18ClN5O2. The first kappa shape index (κ1) is 18.2. The molecule has 0 radical (unpaired) electrons. The summed E-state index contributed by atoms with van der Waals surface area (Å²) in [6.45, 7) is 2.12. The standard InChI is InChI=1S/C20H18ClN5O2/c21-16-6-5-14(17-13(16)3-1-7-23-17)20(28)26-11-9-25(10-12-26)19-15(18(22)27)4-2-8-24-19/h1-8H,9-12H2,(H2,22,27). The van der Waals surface area contributed by atoms with E-state index in [0.29, 0.717) is 53.7 Å². The Morgan fingerprint density at radius 1 is 0.929 bits per heavy atom. The van der Waals surface area contributed by atoms with E-state index in [9.17, 15) is 9.59 Å². The minimum Gasteiger partial charge on any atom is -0.365 e. The van der Waals surface area contributed by atoms with Crippen molar-refractivity contribution >= 4 is 40.1 Å². The number of carbonyl (C=O) groups is 2. The van der Waals surface area contributed by atoms with Crippen molar-refractivity contribution in [3.63, 3.8) is 0 Å².